The number of ether oxygens (including phenoxy) is 1. The molecule has 6 atom stereocenters. The van der Waals surface area contributed by atoms with Gasteiger partial charge in [-0.15, -0.1) is 0 Å². The number of aliphatic hydroxyl groups is 2. The number of anilines is 1. The summed E-state index contributed by atoms with van der Waals surface area (Å²) in [5.74, 6) is -3.34. The minimum atomic E-state index is -5.85. The summed E-state index contributed by atoms with van der Waals surface area (Å²) < 4.78 is 66.6. The quantitative estimate of drug-likeness (QED) is 0.212. The van der Waals surface area contributed by atoms with Crippen LogP contribution in [0.25, 0.3) is 11.0 Å². The summed E-state index contributed by atoms with van der Waals surface area (Å²) in [5, 5.41) is 21.3. The highest BCUT2D eigenvalue weighted by atomic mass is 31.3. The third-order valence-corrected chi connectivity index (χ3v) is 8.19. The molecule has 1 aliphatic rings. The molecule has 0 amide bonds. The van der Waals surface area contributed by atoms with Crippen LogP contribution in [0.15, 0.2) is 18.6 Å². The molecular formula is C12H18FN4O13P3. The normalized spacial score (nSPS) is 32.0. The van der Waals surface area contributed by atoms with E-state index in [0.717, 1.165) is 17.8 Å². The molecule has 0 spiro atoms. The molecule has 2 aromatic heterocycles. The van der Waals surface area contributed by atoms with Crippen molar-refractivity contribution in [2.24, 2.45) is 0 Å². The highest BCUT2D eigenvalue weighted by Crippen LogP contribution is 2.66. The largest absolute Gasteiger partial charge is 0.490 e. The van der Waals surface area contributed by atoms with E-state index in [1.54, 1.807) is 0 Å². The minimum absolute atomic E-state index is 0.0520. The van der Waals surface area contributed by atoms with E-state index in [0.29, 0.717) is 5.39 Å². The van der Waals surface area contributed by atoms with Gasteiger partial charge in [-0.2, -0.15) is 8.62 Å². The van der Waals surface area contributed by atoms with Crippen molar-refractivity contribution in [3.63, 3.8) is 0 Å². The average molecular weight is 538 g/mol. The summed E-state index contributed by atoms with van der Waals surface area (Å²) in [6.07, 6.45) is -1.74. The summed E-state index contributed by atoms with van der Waals surface area (Å²) in [6, 6.07) is 1.42. The van der Waals surface area contributed by atoms with E-state index in [2.05, 4.69) is 23.1 Å². The first-order valence-corrected chi connectivity index (χ1v) is 13.0. The molecule has 2 unspecified atom stereocenters. The first-order chi connectivity index (χ1) is 14.9. The van der Waals surface area contributed by atoms with Gasteiger partial charge in [-0.05, 0) is 13.0 Å². The Morgan fingerprint density at radius 3 is 2.45 bits per heavy atom. The van der Waals surface area contributed by atoms with Crippen molar-refractivity contribution in [1.82, 2.24) is 14.5 Å². The monoisotopic (exact) mass is 538 g/mol. The lowest BCUT2D eigenvalue weighted by molar-refractivity contribution is -0.203. The highest BCUT2D eigenvalue weighted by Gasteiger charge is 2.63. The van der Waals surface area contributed by atoms with Gasteiger partial charge in [0.2, 0.25) is 0 Å². The van der Waals surface area contributed by atoms with E-state index < -0.39 is 53.9 Å². The molecule has 3 rings (SSSR count). The van der Waals surface area contributed by atoms with Crippen LogP contribution in [0, 0.1) is 0 Å². The van der Waals surface area contributed by atoms with Crippen LogP contribution in [0.4, 0.5) is 10.2 Å². The van der Waals surface area contributed by atoms with Gasteiger partial charge in [0, 0.05) is 6.20 Å². The van der Waals surface area contributed by atoms with E-state index >= 15 is 4.39 Å². The molecule has 0 bridgehead atoms. The zero-order valence-electron chi connectivity index (χ0n) is 16.3. The zero-order valence-corrected chi connectivity index (χ0v) is 19.0. The van der Waals surface area contributed by atoms with Gasteiger partial charge in [0.1, 0.15) is 36.1 Å². The van der Waals surface area contributed by atoms with Crippen molar-refractivity contribution in [3.8, 4) is 0 Å². The van der Waals surface area contributed by atoms with Crippen LogP contribution in [0.3, 0.4) is 0 Å². The summed E-state index contributed by atoms with van der Waals surface area (Å²) >= 11 is 0. The van der Waals surface area contributed by atoms with Crippen molar-refractivity contribution < 1.29 is 65.8 Å². The van der Waals surface area contributed by atoms with Gasteiger partial charge in [-0.25, -0.2) is 28.1 Å². The van der Waals surface area contributed by atoms with E-state index in [9.17, 15) is 28.8 Å². The summed E-state index contributed by atoms with van der Waals surface area (Å²) in [4.78, 5) is 43.4. The zero-order chi connectivity index (χ0) is 25.0. The predicted molar refractivity (Wildman–Crippen MR) is 102 cm³/mol. The smallest absolute Gasteiger partial charge is 0.384 e. The van der Waals surface area contributed by atoms with E-state index in [1.807, 2.05) is 0 Å². The first kappa shape index (κ1) is 26.2. The minimum Gasteiger partial charge on any atom is -0.384 e. The Balaban J connectivity index is 1.81. The predicted octanol–water partition coefficient (Wildman–Crippen LogP) is -0.337. The van der Waals surface area contributed by atoms with Crippen molar-refractivity contribution in [2.75, 3.05) is 12.3 Å². The lowest BCUT2D eigenvalue weighted by Gasteiger charge is -2.28. The lowest BCUT2D eigenvalue weighted by Crippen LogP contribution is -2.49. The second-order valence-corrected chi connectivity index (χ2v) is 11.4. The SMILES string of the molecule is C[C@@]1(O)[C@H](n2ccc3c(N)ncnc32)O[C@](F)(COP(=O)(O)OP(=O)(O)OP(=O)(O)O)[C@H]1O. The van der Waals surface area contributed by atoms with Crippen molar-refractivity contribution >= 4 is 40.3 Å². The van der Waals surface area contributed by atoms with Gasteiger partial charge in [-0.3, -0.25) is 4.52 Å². The second kappa shape index (κ2) is 8.39. The van der Waals surface area contributed by atoms with Gasteiger partial charge >= 0.3 is 23.5 Å². The van der Waals surface area contributed by atoms with Gasteiger partial charge in [0.15, 0.2) is 6.23 Å². The molecule has 1 aliphatic heterocycles. The van der Waals surface area contributed by atoms with Crippen molar-refractivity contribution in [3.05, 3.63) is 18.6 Å². The van der Waals surface area contributed by atoms with Crippen LogP contribution in [0.1, 0.15) is 13.2 Å². The Morgan fingerprint density at radius 2 is 1.85 bits per heavy atom. The van der Waals surface area contributed by atoms with Crippen LogP contribution < -0.4 is 5.73 Å². The molecule has 21 heteroatoms. The van der Waals surface area contributed by atoms with Crippen molar-refractivity contribution in [2.45, 2.75) is 30.7 Å². The molecule has 186 valence electrons. The molecule has 2 aromatic rings. The molecule has 3 heterocycles. The third kappa shape index (κ3) is 5.49. The van der Waals surface area contributed by atoms with Crippen molar-refractivity contribution in [1.29, 1.82) is 0 Å². The number of alkyl halides is 1. The Labute approximate surface area is 183 Å². The standard InChI is InChI=1S/C12H18FN4O13P3/c1-11(19)9(18)12(13,4-27-32(23,24)30-33(25,26)29-31(20,21)22)28-10(11)17-3-2-6-7(14)15-5-16-8(6)17/h2-3,5,9-10,18-19H,4H2,1H3,(H,23,24)(H,25,26)(H2,14,15,16)(H2,20,21,22)/t9-,10+,11-,12+/m0/s1. The maximum Gasteiger partial charge on any atom is 0.490 e. The fourth-order valence-electron chi connectivity index (χ4n) is 3.04. The van der Waals surface area contributed by atoms with E-state index in [-0.39, 0.29) is 11.5 Å². The molecule has 0 aliphatic carbocycles. The fraction of sp³-hybridized carbons (Fsp3) is 0.500. The van der Waals surface area contributed by atoms with Gasteiger partial charge in [0.25, 0.3) is 5.85 Å². The number of nitrogens with two attached hydrogens (primary N) is 1. The Morgan fingerprint density at radius 1 is 1.21 bits per heavy atom. The molecule has 0 radical (unpaired) electrons. The summed E-state index contributed by atoms with van der Waals surface area (Å²) in [6.45, 7) is -0.675. The van der Waals surface area contributed by atoms with Gasteiger partial charge in [-0.1, -0.05) is 0 Å². The summed E-state index contributed by atoms with van der Waals surface area (Å²) in [5.41, 5.74) is 3.41. The number of aliphatic hydroxyl groups excluding tert-OH is 1. The number of phosphoric acid groups is 3. The maximum absolute atomic E-state index is 15.4. The number of halogens is 1. The average Bonchev–Trinajstić information content (AvgIpc) is 3.12. The number of aromatic nitrogens is 3. The lowest BCUT2D eigenvalue weighted by atomic mass is 9.95. The molecule has 0 aromatic carbocycles. The molecule has 1 fully saturated rings. The number of fused-ring (bicyclic) bond motifs is 1. The Kier molecular flexibility index (Phi) is 6.67. The highest BCUT2D eigenvalue weighted by molar-refractivity contribution is 7.66. The molecule has 0 saturated carbocycles. The molecular weight excluding hydrogens is 520 g/mol. The number of nitrogens with zero attached hydrogens (tertiary/aromatic N) is 3. The van der Waals surface area contributed by atoms with Gasteiger partial charge in [0.05, 0.1) is 5.39 Å². The number of nitrogen functional groups attached to an aromatic ring is 1. The number of hydrogen-bond donors (Lipinski definition) is 7. The third-order valence-electron chi connectivity index (χ3n) is 4.40. The Hall–Kier alpha value is -1.36. The Bertz CT molecular complexity index is 1200. The number of hydrogen-bond acceptors (Lipinski definition) is 12. The second-order valence-electron chi connectivity index (χ2n) is 6.97. The maximum atomic E-state index is 15.4. The van der Waals surface area contributed by atoms with E-state index in [1.165, 1.54) is 12.3 Å². The van der Waals surface area contributed by atoms with Gasteiger partial charge < -0.3 is 44.8 Å². The summed E-state index contributed by atoms with van der Waals surface area (Å²) in [7, 11) is -17.2. The van der Waals surface area contributed by atoms with Crippen LogP contribution in [0.5, 0.6) is 0 Å². The molecule has 33 heavy (non-hydrogen) atoms. The fourth-order valence-corrected chi connectivity index (χ4v) is 6.08. The molecule has 17 nitrogen and oxygen atoms in total. The molecule has 8 N–H and O–H groups in total. The first-order valence-electron chi connectivity index (χ1n) is 8.49. The van der Waals surface area contributed by atoms with E-state index in [4.69, 9.17) is 25.2 Å². The molecule has 1 saturated heterocycles. The topological polar surface area (TPSA) is 266 Å². The van der Waals surface area contributed by atoms with Crippen LogP contribution in [-0.4, -0.2) is 68.5 Å². The van der Waals surface area contributed by atoms with Crippen LogP contribution in [0.2, 0.25) is 0 Å². The van der Waals surface area contributed by atoms with Crippen LogP contribution in [-0.2, 0) is 31.6 Å². The number of rotatable bonds is 8. The number of phosphoric ester groups is 1. The van der Waals surface area contributed by atoms with Crippen LogP contribution >= 0.6 is 23.5 Å².